The van der Waals surface area contributed by atoms with Crippen LogP contribution in [0.15, 0.2) is 24.3 Å². The van der Waals surface area contributed by atoms with Crippen molar-refractivity contribution in [3.05, 3.63) is 35.4 Å². The van der Waals surface area contributed by atoms with E-state index in [2.05, 4.69) is 6.92 Å². The van der Waals surface area contributed by atoms with Crippen LogP contribution in [0.4, 0.5) is 0 Å². The quantitative estimate of drug-likeness (QED) is 0.737. The lowest BCUT2D eigenvalue weighted by Crippen LogP contribution is -2.63. The van der Waals surface area contributed by atoms with Crippen molar-refractivity contribution in [1.29, 1.82) is 0 Å². The Morgan fingerprint density at radius 3 is 2.56 bits per heavy atom. The van der Waals surface area contributed by atoms with Gasteiger partial charge in [0.05, 0.1) is 37.3 Å². The maximum Gasteiger partial charge on any atom is 0.337 e. The highest BCUT2D eigenvalue weighted by Crippen LogP contribution is 2.54. The standard InChI is InChI=1S/C19H25NO5/c1-4-5-6-15-11-19(16(18(22)24-3)12-20(19)25-15)14-9-7-13(8-10-14)17(21)23-2/h7-10,15-16H,4-6,11-12H2,1-3H3/t15-,16-,19-/m1/s1. The topological polar surface area (TPSA) is 65.1 Å². The molecular weight excluding hydrogens is 322 g/mol. The predicted molar refractivity (Wildman–Crippen MR) is 90.7 cm³/mol. The van der Waals surface area contributed by atoms with Crippen LogP contribution in [0.2, 0.25) is 0 Å². The van der Waals surface area contributed by atoms with Gasteiger partial charge in [-0.3, -0.25) is 9.63 Å². The van der Waals surface area contributed by atoms with Crippen LogP contribution >= 0.6 is 0 Å². The number of carbonyl (C=O) groups excluding carboxylic acids is 2. The maximum atomic E-state index is 12.3. The fraction of sp³-hybridized carbons (Fsp3) is 0.579. The van der Waals surface area contributed by atoms with Gasteiger partial charge in [-0.2, -0.15) is 5.06 Å². The minimum Gasteiger partial charge on any atom is -0.469 e. The van der Waals surface area contributed by atoms with Crippen molar-refractivity contribution in [2.75, 3.05) is 20.8 Å². The van der Waals surface area contributed by atoms with E-state index in [4.69, 9.17) is 14.3 Å². The zero-order valence-electron chi connectivity index (χ0n) is 15.0. The Balaban J connectivity index is 1.89. The molecule has 0 aliphatic carbocycles. The molecule has 3 rings (SSSR count). The molecule has 0 radical (unpaired) electrons. The molecule has 2 fully saturated rings. The second-order valence-electron chi connectivity index (χ2n) is 6.70. The van der Waals surface area contributed by atoms with Crippen LogP contribution in [0.25, 0.3) is 0 Å². The highest BCUT2D eigenvalue weighted by atomic mass is 16.7. The van der Waals surface area contributed by atoms with E-state index in [0.29, 0.717) is 12.1 Å². The van der Waals surface area contributed by atoms with Crippen molar-refractivity contribution < 1.29 is 23.9 Å². The number of hydrogen-bond acceptors (Lipinski definition) is 6. The molecule has 0 N–H and O–H groups in total. The lowest BCUT2D eigenvalue weighted by molar-refractivity contribution is -0.268. The molecule has 25 heavy (non-hydrogen) atoms. The van der Waals surface area contributed by atoms with E-state index >= 15 is 0 Å². The van der Waals surface area contributed by atoms with E-state index < -0.39 is 5.54 Å². The van der Waals surface area contributed by atoms with Crippen molar-refractivity contribution in [2.24, 2.45) is 5.92 Å². The number of rotatable bonds is 6. The predicted octanol–water partition coefficient (Wildman–Crippen LogP) is 2.67. The first kappa shape index (κ1) is 17.9. The fourth-order valence-corrected chi connectivity index (χ4v) is 3.96. The molecule has 1 aromatic carbocycles. The molecule has 0 unspecified atom stereocenters. The van der Waals surface area contributed by atoms with E-state index in [9.17, 15) is 9.59 Å². The Labute approximate surface area is 148 Å². The van der Waals surface area contributed by atoms with Crippen molar-refractivity contribution >= 4 is 11.9 Å². The second-order valence-corrected chi connectivity index (χ2v) is 6.70. The Morgan fingerprint density at radius 2 is 1.96 bits per heavy atom. The number of benzene rings is 1. The van der Waals surface area contributed by atoms with Gasteiger partial charge in [-0.15, -0.1) is 0 Å². The van der Waals surface area contributed by atoms with Gasteiger partial charge in [-0.05, 0) is 24.1 Å². The summed E-state index contributed by atoms with van der Waals surface area (Å²) in [4.78, 5) is 30.0. The van der Waals surface area contributed by atoms with E-state index in [0.717, 1.165) is 31.2 Å². The zero-order valence-corrected chi connectivity index (χ0v) is 15.0. The van der Waals surface area contributed by atoms with Crippen LogP contribution in [-0.4, -0.2) is 43.9 Å². The molecule has 136 valence electrons. The van der Waals surface area contributed by atoms with Crippen molar-refractivity contribution in [1.82, 2.24) is 5.06 Å². The Hall–Kier alpha value is -1.92. The number of hydroxylamine groups is 2. The van der Waals surface area contributed by atoms with E-state index in [1.54, 1.807) is 12.1 Å². The molecule has 0 saturated carbocycles. The fourth-order valence-electron chi connectivity index (χ4n) is 3.96. The summed E-state index contributed by atoms with van der Waals surface area (Å²) in [5, 5.41) is 1.92. The summed E-state index contributed by atoms with van der Waals surface area (Å²) in [6, 6.07) is 7.25. The molecule has 0 spiro atoms. The molecule has 1 aromatic rings. The van der Waals surface area contributed by atoms with Crippen LogP contribution in [-0.2, 0) is 24.6 Å². The average molecular weight is 347 g/mol. The molecule has 2 saturated heterocycles. The normalized spacial score (nSPS) is 28.1. The lowest BCUT2D eigenvalue weighted by atomic mass is 9.68. The first-order valence-electron chi connectivity index (χ1n) is 8.78. The number of methoxy groups -OCH3 is 2. The van der Waals surface area contributed by atoms with Crippen LogP contribution in [0, 0.1) is 5.92 Å². The van der Waals surface area contributed by atoms with Crippen molar-refractivity contribution in [3.8, 4) is 0 Å². The van der Waals surface area contributed by atoms with Crippen LogP contribution < -0.4 is 0 Å². The summed E-state index contributed by atoms with van der Waals surface area (Å²) in [7, 11) is 2.78. The summed E-state index contributed by atoms with van der Waals surface area (Å²) in [5.41, 5.74) is 0.963. The van der Waals surface area contributed by atoms with Crippen LogP contribution in [0.1, 0.15) is 48.5 Å². The van der Waals surface area contributed by atoms with Crippen LogP contribution in [0.3, 0.4) is 0 Å². The molecule has 2 aliphatic heterocycles. The molecule has 6 nitrogen and oxygen atoms in total. The van der Waals surface area contributed by atoms with Gasteiger partial charge < -0.3 is 9.47 Å². The van der Waals surface area contributed by atoms with Crippen LogP contribution in [0.5, 0.6) is 0 Å². The molecule has 2 heterocycles. The molecule has 0 aromatic heterocycles. The largest absolute Gasteiger partial charge is 0.469 e. The molecule has 6 heteroatoms. The van der Waals surface area contributed by atoms with E-state index in [1.165, 1.54) is 14.2 Å². The Bertz CT molecular complexity index is 644. The van der Waals surface area contributed by atoms with Gasteiger partial charge in [0.25, 0.3) is 0 Å². The third kappa shape index (κ3) is 2.93. The highest BCUT2D eigenvalue weighted by molar-refractivity contribution is 5.89. The highest BCUT2D eigenvalue weighted by Gasteiger charge is 2.64. The number of esters is 2. The van der Waals surface area contributed by atoms with Gasteiger partial charge in [-0.25, -0.2) is 4.79 Å². The smallest absolute Gasteiger partial charge is 0.337 e. The van der Waals surface area contributed by atoms with E-state index in [1.807, 2.05) is 17.2 Å². The minimum absolute atomic E-state index is 0.106. The molecule has 0 bridgehead atoms. The summed E-state index contributed by atoms with van der Waals surface area (Å²) < 4.78 is 9.76. The number of nitrogens with zero attached hydrogens (tertiary/aromatic N) is 1. The molecular formula is C19H25NO5. The van der Waals surface area contributed by atoms with Crippen molar-refractivity contribution in [2.45, 2.75) is 44.2 Å². The summed E-state index contributed by atoms with van der Waals surface area (Å²) in [6.07, 6.45) is 4.04. The number of carbonyl (C=O) groups is 2. The van der Waals surface area contributed by atoms with E-state index in [-0.39, 0.29) is 24.0 Å². The molecule has 0 amide bonds. The number of hydrogen-bond donors (Lipinski definition) is 0. The van der Waals surface area contributed by atoms with Crippen molar-refractivity contribution in [3.63, 3.8) is 0 Å². The van der Waals surface area contributed by atoms with Gasteiger partial charge in [-0.1, -0.05) is 31.9 Å². The maximum absolute atomic E-state index is 12.3. The second kappa shape index (κ2) is 7.14. The van der Waals surface area contributed by atoms with Gasteiger partial charge in [0, 0.05) is 13.0 Å². The lowest BCUT2D eigenvalue weighted by Gasteiger charge is -2.51. The Morgan fingerprint density at radius 1 is 1.24 bits per heavy atom. The molecule has 3 atom stereocenters. The first-order chi connectivity index (χ1) is 12.1. The first-order valence-corrected chi connectivity index (χ1v) is 8.78. The average Bonchev–Trinajstić information content (AvgIpc) is 2.92. The minimum atomic E-state index is -0.500. The number of unbranched alkanes of at least 4 members (excludes halogenated alkanes) is 1. The summed E-state index contributed by atoms with van der Waals surface area (Å²) in [6.45, 7) is 2.69. The Kier molecular flexibility index (Phi) is 5.11. The third-order valence-electron chi connectivity index (χ3n) is 5.36. The number of fused-ring (bicyclic) bond motifs is 1. The van der Waals surface area contributed by atoms with Gasteiger partial charge >= 0.3 is 11.9 Å². The summed E-state index contributed by atoms with van der Waals surface area (Å²) >= 11 is 0. The van der Waals surface area contributed by atoms with Gasteiger partial charge in [0.2, 0.25) is 0 Å². The number of ether oxygens (including phenoxy) is 2. The van der Waals surface area contributed by atoms with Gasteiger partial charge in [0.15, 0.2) is 0 Å². The SMILES string of the molecule is CCCC[C@@H]1C[C@@]2(c3ccc(C(=O)OC)cc3)[C@@H](C(=O)OC)CN2O1. The summed E-state index contributed by atoms with van der Waals surface area (Å²) in [5.74, 6) is -0.844. The zero-order chi connectivity index (χ0) is 18.0. The van der Waals surface area contributed by atoms with Gasteiger partial charge in [0.1, 0.15) is 0 Å². The monoisotopic (exact) mass is 347 g/mol. The molecule has 2 aliphatic rings. The third-order valence-corrected chi connectivity index (χ3v) is 5.36.